The molecule has 6 nitrogen and oxygen atoms in total. The molecule has 3 N–H and O–H groups in total. The molecule has 17 heavy (non-hydrogen) atoms. The first-order chi connectivity index (χ1) is 7.61. The average molecular weight is 265 g/mol. The van der Waals surface area contributed by atoms with Gasteiger partial charge < -0.3 is 16.0 Å². The first-order valence-corrected chi connectivity index (χ1v) is 7.59. The molecule has 0 heterocycles. The molecule has 1 atom stereocenters. The summed E-state index contributed by atoms with van der Waals surface area (Å²) in [6, 6.07) is -0.310. The molecule has 102 valence electrons. The molecular formula is C10H23N3O3S. The third-order valence-corrected chi connectivity index (χ3v) is 3.14. The minimum absolute atomic E-state index is 0.0800. The molecule has 0 radical (unpaired) electrons. The van der Waals surface area contributed by atoms with E-state index < -0.39 is 21.8 Å². The van der Waals surface area contributed by atoms with Crippen LogP contribution >= 0.6 is 0 Å². The highest BCUT2D eigenvalue weighted by Crippen LogP contribution is 1.94. The summed E-state index contributed by atoms with van der Waals surface area (Å²) in [5.41, 5.74) is 5.27. The van der Waals surface area contributed by atoms with Crippen molar-refractivity contribution in [1.29, 1.82) is 0 Å². The zero-order valence-corrected chi connectivity index (χ0v) is 11.8. The number of nitrogens with one attached hydrogen (secondary N) is 1. The zero-order valence-electron chi connectivity index (χ0n) is 10.9. The molecular weight excluding hydrogens is 242 g/mol. The molecule has 0 aromatic heterocycles. The van der Waals surface area contributed by atoms with E-state index in [4.69, 9.17) is 5.73 Å². The smallest absolute Gasteiger partial charge is 0.235 e. The topological polar surface area (TPSA) is 92.5 Å². The van der Waals surface area contributed by atoms with Crippen molar-refractivity contribution in [3.63, 3.8) is 0 Å². The van der Waals surface area contributed by atoms with Crippen molar-refractivity contribution in [2.45, 2.75) is 25.9 Å². The Morgan fingerprint density at radius 3 is 2.29 bits per heavy atom. The van der Waals surface area contributed by atoms with E-state index in [0.29, 0.717) is 13.1 Å². The Morgan fingerprint density at radius 2 is 1.94 bits per heavy atom. The molecule has 0 saturated heterocycles. The van der Waals surface area contributed by atoms with Crippen LogP contribution in [0.2, 0.25) is 0 Å². The summed E-state index contributed by atoms with van der Waals surface area (Å²) in [7, 11) is -1.21. The maximum atomic E-state index is 11.2. The van der Waals surface area contributed by atoms with Gasteiger partial charge in [-0.2, -0.15) is 0 Å². The quantitative estimate of drug-likeness (QED) is 0.576. The van der Waals surface area contributed by atoms with Crippen LogP contribution in [0.15, 0.2) is 0 Å². The third-order valence-electron chi connectivity index (χ3n) is 2.22. The number of rotatable bonds is 8. The van der Waals surface area contributed by atoms with Crippen molar-refractivity contribution in [2.75, 3.05) is 32.1 Å². The average Bonchev–Trinajstić information content (AvgIpc) is 2.11. The van der Waals surface area contributed by atoms with Crippen LogP contribution in [0.25, 0.3) is 0 Å². The van der Waals surface area contributed by atoms with Crippen molar-refractivity contribution in [3.05, 3.63) is 0 Å². The lowest BCUT2D eigenvalue weighted by Crippen LogP contribution is -2.51. The molecule has 0 aliphatic rings. The molecule has 0 aliphatic heterocycles. The molecule has 1 unspecified atom stereocenters. The number of nitrogens with zero attached hydrogens (tertiary/aromatic N) is 1. The van der Waals surface area contributed by atoms with E-state index in [9.17, 15) is 13.2 Å². The maximum absolute atomic E-state index is 11.2. The van der Waals surface area contributed by atoms with Gasteiger partial charge in [-0.05, 0) is 7.05 Å². The number of likely N-dealkylation sites (N-methyl/N-ethyl adjacent to an activating group) is 1. The van der Waals surface area contributed by atoms with Gasteiger partial charge in [0.05, 0.1) is 11.8 Å². The Labute approximate surface area is 103 Å². The summed E-state index contributed by atoms with van der Waals surface area (Å²) in [4.78, 5) is 13.0. The minimum Gasteiger partial charge on any atom is -0.368 e. The molecule has 1 amide bonds. The highest BCUT2D eigenvalue weighted by Gasteiger charge is 2.18. The lowest BCUT2D eigenvalue weighted by atomic mass is 10.2. The van der Waals surface area contributed by atoms with Gasteiger partial charge in [-0.3, -0.25) is 4.79 Å². The van der Waals surface area contributed by atoms with E-state index in [1.165, 1.54) is 6.26 Å². The van der Waals surface area contributed by atoms with Crippen molar-refractivity contribution in [1.82, 2.24) is 10.2 Å². The van der Waals surface area contributed by atoms with E-state index in [2.05, 4.69) is 5.32 Å². The predicted molar refractivity (Wildman–Crippen MR) is 68.5 cm³/mol. The molecule has 0 aromatic rings. The maximum Gasteiger partial charge on any atom is 0.235 e. The fraction of sp³-hybridized carbons (Fsp3) is 0.900. The van der Waals surface area contributed by atoms with Crippen LogP contribution in [0, 0.1) is 0 Å². The van der Waals surface area contributed by atoms with Crippen molar-refractivity contribution in [3.8, 4) is 0 Å². The molecule has 7 heteroatoms. The van der Waals surface area contributed by atoms with Gasteiger partial charge in [-0.1, -0.05) is 13.8 Å². The Balaban J connectivity index is 4.22. The summed E-state index contributed by atoms with van der Waals surface area (Å²) in [6.45, 7) is 4.64. The number of hydrogen-bond acceptors (Lipinski definition) is 5. The predicted octanol–water partition coefficient (Wildman–Crippen LogP) is -1.19. The highest BCUT2D eigenvalue weighted by molar-refractivity contribution is 7.90. The zero-order chi connectivity index (χ0) is 13.6. The van der Waals surface area contributed by atoms with E-state index in [1.54, 1.807) is 11.9 Å². The minimum atomic E-state index is -2.98. The van der Waals surface area contributed by atoms with Gasteiger partial charge in [-0.25, -0.2) is 8.42 Å². The van der Waals surface area contributed by atoms with Gasteiger partial charge in [0.25, 0.3) is 0 Å². The number of carbonyl (C=O) groups excluding carboxylic acids is 1. The summed E-state index contributed by atoms with van der Waals surface area (Å²) in [5.74, 6) is -0.346. The first kappa shape index (κ1) is 16.3. The van der Waals surface area contributed by atoms with Gasteiger partial charge in [0.15, 0.2) is 0 Å². The van der Waals surface area contributed by atoms with Crippen LogP contribution in [0.5, 0.6) is 0 Å². The Hall–Kier alpha value is -0.660. The molecule has 0 spiro atoms. The Kier molecular flexibility index (Phi) is 6.66. The summed E-state index contributed by atoms with van der Waals surface area (Å²) >= 11 is 0. The normalized spacial score (nSPS) is 14.2. The van der Waals surface area contributed by atoms with Gasteiger partial charge >= 0.3 is 0 Å². The molecule has 0 saturated carbocycles. The molecule has 0 rings (SSSR count). The number of carbonyl (C=O) groups is 1. The number of amides is 1. The van der Waals surface area contributed by atoms with Crippen LogP contribution in [0.3, 0.4) is 0 Å². The fourth-order valence-electron chi connectivity index (χ4n) is 1.35. The second kappa shape index (κ2) is 6.93. The van der Waals surface area contributed by atoms with Gasteiger partial charge in [-0.15, -0.1) is 0 Å². The van der Waals surface area contributed by atoms with E-state index in [0.717, 1.165) is 0 Å². The Morgan fingerprint density at radius 1 is 1.41 bits per heavy atom. The second-order valence-electron chi connectivity index (χ2n) is 4.67. The largest absolute Gasteiger partial charge is 0.368 e. The Bertz CT molecular complexity index is 341. The fourth-order valence-corrected chi connectivity index (χ4v) is 2.00. The lowest BCUT2D eigenvalue weighted by Gasteiger charge is -2.24. The van der Waals surface area contributed by atoms with Crippen LogP contribution in [-0.4, -0.2) is 63.5 Å². The third kappa shape index (κ3) is 9.08. The number of sulfone groups is 1. The standard InChI is InChI=1S/C10H23N3O3S/c1-8(2)12-9(10(11)14)7-13(3)5-6-17(4,15)16/h8-9,12H,5-7H2,1-4H3,(H2,11,14). The van der Waals surface area contributed by atoms with E-state index in [-0.39, 0.29) is 11.8 Å². The molecule has 0 aromatic carbocycles. The first-order valence-electron chi connectivity index (χ1n) is 5.53. The van der Waals surface area contributed by atoms with Crippen LogP contribution in [0.4, 0.5) is 0 Å². The summed E-state index contributed by atoms with van der Waals surface area (Å²) in [6.07, 6.45) is 1.19. The monoisotopic (exact) mass is 265 g/mol. The van der Waals surface area contributed by atoms with Crippen LogP contribution in [0.1, 0.15) is 13.8 Å². The molecule has 0 aliphatic carbocycles. The van der Waals surface area contributed by atoms with Crippen LogP contribution in [-0.2, 0) is 14.6 Å². The summed E-state index contributed by atoms with van der Waals surface area (Å²) in [5, 5.41) is 3.04. The van der Waals surface area contributed by atoms with Crippen molar-refractivity contribution in [2.24, 2.45) is 5.73 Å². The van der Waals surface area contributed by atoms with Crippen molar-refractivity contribution < 1.29 is 13.2 Å². The highest BCUT2D eigenvalue weighted by atomic mass is 32.2. The van der Waals surface area contributed by atoms with Crippen LogP contribution < -0.4 is 11.1 Å². The molecule has 0 bridgehead atoms. The number of primary amides is 1. The number of nitrogens with two attached hydrogens (primary N) is 1. The lowest BCUT2D eigenvalue weighted by molar-refractivity contribution is -0.120. The van der Waals surface area contributed by atoms with Gasteiger partial charge in [0.1, 0.15) is 9.84 Å². The van der Waals surface area contributed by atoms with E-state index >= 15 is 0 Å². The van der Waals surface area contributed by atoms with Gasteiger partial charge in [0.2, 0.25) is 5.91 Å². The SMILES string of the molecule is CC(C)NC(CN(C)CCS(C)(=O)=O)C(N)=O. The molecule has 0 fully saturated rings. The van der Waals surface area contributed by atoms with E-state index in [1.807, 2.05) is 13.8 Å². The second-order valence-corrected chi connectivity index (χ2v) is 6.93. The summed E-state index contributed by atoms with van der Waals surface area (Å²) < 4.78 is 22.0. The number of hydrogen-bond donors (Lipinski definition) is 2. The van der Waals surface area contributed by atoms with Gasteiger partial charge in [0, 0.05) is 25.4 Å². The van der Waals surface area contributed by atoms with Crippen molar-refractivity contribution >= 4 is 15.7 Å².